The summed E-state index contributed by atoms with van der Waals surface area (Å²) < 4.78 is 10.5. The highest BCUT2D eigenvalue weighted by atomic mass is 35.5. The number of fused-ring (bicyclic) bond motifs is 1. The number of methoxy groups -OCH3 is 2. The van der Waals surface area contributed by atoms with Crippen molar-refractivity contribution in [1.29, 1.82) is 0 Å². The van der Waals surface area contributed by atoms with Crippen molar-refractivity contribution in [3.8, 4) is 5.75 Å². The molecule has 2 aliphatic heterocycles. The number of rotatable bonds is 6. The molecule has 0 radical (unpaired) electrons. The van der Waals surface area contributed by atoms with Crippen LogP contribution in [0.15, 0.2) is 70.9 Å². The number of halogens is 1. The third-order valence-corrected chi connectivity index (χ3v) is 7.02. The first-order valence-electron chi connectivity index (χ1n) is 10.8. The number of aliphatic hydroxyl groups is 1. The first-order chi connectivity index (χ1) is 15.8. The summed E-state index contributed by atoms with van der Waals surface area (Å²) in [5.74, 6) is -0.814. The molecule has 0 aliphatic carbocycles. The van der Waals surface area contributed by atoms with Gasteiger partial charge in [-0.15, -0.1) is 0 Å². The second-order valence-corrected chi connectivity index (χ2v) is 9.24. The van der Waals surface area contributed by atoms with E-state index in [0.29, 0.717) is 27.9 Å². The summed E-state index contributed by atoms with van der Waals surface area (Å²) in [7, 11) is 2.97. The van der Waals surface area contributed by atoms with Crippen LogP contribution in [0.1, 0.15) is 32.4 Å². The molecule has 1 fully saturated rings. The van der Waals surface area contributed by atoms with Gasteiger partial charge in [0.1, 0.15) is 5.75 Å². The van der Waals surface area contributed by atoms with Crippen LogP contribution in [0, 0.1) is 0 Å². The highest BCUT2D eigenvalue weighted by molar-refractivity contribution is 8.14. The number of aliphatic imine (C=N–C) groups is 1. The van der Waals surface area contributed by atoms with Gasteiger partial charge in [0.05, 0.1) is 37.3 Å². The lowest BCUT2D eigenvalue weighted by Crippen LogP contribution is -3.00. The molecule has 0 saturated carbocycles. The largest absolute Gasteiger partial charge is 1.00 e. The van der Waals surface area contributed by atoms with E-state index in [0.717, 1.165) is 11.3 Å². The summed E-state index contributed by atoms with van der Waals surface area (Å²) in [6, 6.07) is 16.7. The molecule has 7 nitrogen and oxygen atoms in total. The van der Waals surface area contributed by atoms with Gasteiger partial charge < -0.3 is 31.9 Å². The number of esters is 1. The van der Waals surface area contributed by atoms with Crippen LogP contribution < -0.4 is 22.0 Å². The molecule has 182 valence electrons. The first-order valence-corrected chi connectivity index (χ1v) is 11.8. The fraction of sp³-hybridized carbons (Fsp3) is 0.360. The number of benzene rings is 2. The van der Waals surface area contributed by atoms with Crippen molar-refractivity contribution in [3.63, 3.8) is 0 Å². The molecule has 1 saturated heterocycles. The van der Waals surface area contributed by atoms with Crippen molar-refractivity contribution in [2.24, 2.45) is 4.99 Å². The Balaban J connectivity index is 0.00000324. The van der Waals surface area contributed by atoms with Gasteiger partial charge in [-0.05, 0) is 50.6 Å². The standard InChI is InChI=1S/C25H29N3O4S.ClH/c1-16(2)27(19-9-7-6-8-10-19)25(30)15-33-24-26-17(3)21(23(29)32-5)22(28(24)25)18-11-13-20(31-4)14-12-18;/h6-14,16,22,30H,15H2,1-5H3;1H/p-1. The number of amidine groups is 1. The molecule has 4 rings (SSSR count). The van der Waals surface area contributed by atoms with Gasteiger partial charge in [-0.1, -0.05) is 42.1 Å². The zero-order valence-electron chi connectivity index (χ0n) is 19.9. The van der Waals surface area contributed by atoms with Crippen molar-refractivity contribution in [2.45, 2.75) is 38.7 Å². The van der Waals surface area contributed by atoms with Gasteiger partial charge in [-0.25, -0.2) is 9.79 Å². The SMILES string of the molecule is COC(=O)C1=C(C)N=C2SCC(O)(N(c3ccccc3)C(C)C)N2C1c1ccc(OC)cc1.[Cl-]. The van der Waals surface area contributed by atoms with Gasteiger partial charge in [0, 0.05) is 11.7 Å². The van der Waals surface area contributed by atoms with E-state index in [4.69, 9.17) is 14.5 Å². The van der Waals surface area contributed by atoms with Crippen LogP contribution in [0.25, 0.3) is 0 Å². The Morgan fingerprint density at radius 1 is 1.18 bits per heavy atom. The lowest BCUT2D eigenvalue weighted by atomic mass is 9.93. The highest BCUT2D eigenvalue weighted by Crippen LogP contribution is 2.48. The number of para-hydroxylation sites is 1. The Morgan fingerprint density at radius 3 is 2.38 bits per heavy atom. The number of ether oxygens (including phenoxy) is 2. The van der Waals surface area contributed by atoms with Crippen LogP contribution in [-0.4, -0.2) is 53.0 Å². The van der Waals surface area contributed by atoms with E-state index in [1.165, 1.54) is 18.9 Å². The molecule has 0 spiro atoms. The van der Waals surface area contributed by atoms with Crippen molar-refractivity contribution >= 4 is 28.6 Å². The number of nitrogens with zero attached hydrogens (tertiary/aromatic N) is 3. The first kappa shape index (κ1) is 25.9. The van der Waals surface area contributed by atoms with E-state index >= 15 is 0 Å². The zero-order chi connectivity index (χ0) is 23.8. The van der Waals surface area contributed by atoms with Gasteiger partial charge in [0.25, 0.3) is 0 Å². The lowest BCUT2D eigenvalue weighted by molar-refractivity contribution is -0.138. The molecule has 2 atom stereocenters. The highest BCUT2D eigenvalue weighted by Gasteiger charge is 2.55. The molecule has 34 heavy (non-hydrogen) atoms. The Hall–Kier alpha value is -2.68. The van der Waals surface area contributed by atoms with Gasteiger partial charge >= 0.3 is 5.97 Å². The number of anilines is 1. The number of hydrogen-bond acceptors (Lipinski definition) is 8. The van der Waals surface area contributed by atoms with E-state index in [9.17, 15) is 9.90 Å². The van der Waals surface area contributed by atoms with Gasteiger partial charge in [0.15, 0.2) is 5.17 Å². The minimum atomic E-state index is -1.43. The average molecular weight is 503 g/mol. The molecule has 2 unspecified atom stereocenters. The minimum Gasteiger partial charge on any atom is -1.00 e. The monoisotopic (exact) mass is 502 g/mol. The molecule has 1 N–H and O–H groups in total. The second kappa shape index (κ2) is 10.3. The maximum absolute atomic E-state index is 13.0. The molecule has 2 aromatic carbocycles. The van der Waals surface area contributed by atoms with Gasteiger partial charge in [0.2, 0.25) is 5.85 Å². The predicted octanol–water partition coefficient (Wildman–Crippen LogP) is 1.17. The summed E-state index contributed by atoms with van der Waals surface area (Å²) in [6.45, 7) is 5.89. The van der Waals surface area contributed by atoms with Crippen molar-refractivity contribution in [2.75, 3.05) is 24.9 Å². The molecule has 0 aromatic heterocycles. The maximum Gasteiger partial charge on any atom is 0.338 e. The number of thioether (sulfide) groups is 1. The minimum absolute atomic E-state index is 0. The normalized spacial score (nSPS) is 21.6. The fourth-order valence-electron chi connectivity index (χ4n) is 4.55. The predicted molar refractivity (Wildman–Crippen MR) is 131 cm³/mol. The molecule has 0 amide bonds. The van der Waals surface area contributed by atoms with E-state index in [2.05, 4.69) is 0 Å². The second-order valence-electron chi connectivity index (χ2n) is 8.29. The number of allylic oxidation sites excluding steroid dienone is 1. The average Bonchev–Trinajstić information content (AvgIpc) is 3.14. The molecular formula is C25H29ClN3O4S-. The summed E-state index contributed by atoms with van der Waals surface area (Å²) >= 11 is 1.48. The Kier molecular flexibility index (Phi) is 7.85. The summed E-state index contributed by atoms with van der Waals surface area (Å²) in [5, 5.41) is 13.0. The van der Waals surface area contributed by atoms with Crippen molar-refractivity contribution in [1.82, 2.24) is 4.90 Å². The Morgan fingerprint density at radius 2 is 1.82 bits per heavy atom. The van der Waals surface area contributed by atoms with Crippen molar-refractivity contribution < 1.29 is 31.8 Å². The Bertz CT molecular complexity index is 1090. The summed E-state index contributed by atoms with van der Waals surface area (Å²) in [4.78, 5) is 21.5. The summed E-state index contributed by atoms with van der Waals surface area (Å²) in [6.07, 6.45) is 0. The number of carbonyl (C=O) groups excluding carboxylic acids is 1. The van der Waals surface area contributed by atoms with Crippen molar-refractivity contribution in [3.05, 3.63) is 71.4 Å². The van der Waals surface area contributed by atoms with Gasteiger partial charge in [-0.3, -0.25) is 4.90 Å². The molecular weight excluding hydrogens is 474 g/mol. The fourth-order valence-corrected chi connectivity index (χ4v) is 5.74. The van der Waals surface area contributed by atoms with E-state index in [-0.39, 0.29) is 18.4 Å². The molecule has 9 heteroatoms. The molecule has 0 bridgehead atoms. The number of carbonyl (C=O) groups is 1. The van der Waals surface area contributed by atoms with E-state index < -0.39 is 17.9 Å². The molecule has 2 heterocycles. The smallest absolute Gasteiger partial charge is 0.338 e. The lowest BCUT2D eigenvalue weighted by Gasteiger charge is -2.50. The van der Waals surface area contributed by atoms with Crippen LogP contribution >= 0.6 is 11.8 Å². The van der Waals surface area contributed by atoms with Crippen LogP contribution in [0.2, 0.25) is 0 Å². The van der Waals surface area contributed by atoms with Crippen LogP contribution in [0.5, 0.6) is 5.75 Å². The van der Waals surface area contributed by atoms with Crippen LogP contribution in [0.4, 0.5) is 5.69 Å². The summed E-state index contributed by atoms with van der Waals surface area (Å²) in [5.41, 5.74) is 2.71. The Labute approximate surface area is 210 Å². The maximum atomic E-state index is 13.0. The quantitative estimate of drug-likeness (QED) is 0.469. The topological polar surface area (TPSA) is 74.6 Å². The van der Waals surface area contributed by atoms with E-state index in [1.807, 2.05) is 85.2 Å². The van der Waals surface area contributed by atoms with Crippen LogP contribution in [0.3, 0.4) is 0 Å². The molecule has 2 aliphatic rings. The van der Waals surface area contributed by atoms with Crippen LogP contribution in [-0.2, 0) is 9.53 Å². The number of hydrogen-bond donors (Lipinski definition) is 1. The van der Waals surface area contributed by atoms with Gasteiger partial charge in [-0.2, -0.15) is 0 Å². The van der Waals surface area contributed by atoms with E-state index in [1.54, 1.807) is 7.11 Å². The third kappa shape index (κ3) is 4.37. The third-order valence-electron chi connectivity index (χ3n) is 5.95. The molecule has 2 aromatic rings. The zero-order valence-corrected chi connectivity index (χ0v) is 21.4.